The van der Waals surface area contributed by atoms with Gasteiger partial charge in [0.2, 0.25) is 19.1 Å². The Balaban J connectivity index is 2.31. The second-order valence-corrected chi connectivity index (χ2v) is 10.7. The van der Waals surface area contributed by atoms with Crippen LogP contribution in [0.3, 0.4) is 0 Å². The van der Waals surface area contributed by atoms with E-state index >= 15 is 0 Å². The molecule has 0 saturated heterocycles. The summed E-state index contributed by atoms with van der Waals surface area (Å²) in [7, 11) is -3.50. The minimum atomic E-state index is -3.50. The highest BCUT2D eigenvalue weighted by atomic mass is 31.2. The van der Waals surface area contributed by atoms with Gasteiger partial charge in [-0.05, 0) is 34.6 Å². The molecule has 1 aromatic carbocycles. The van der Waals surface area contributed by atoms with Crippen LogP contribution in [0.25, 0.3) is 0 Å². The first-order valence-electron chi connectivity index (χ1n) is 9.49. The fourth-order valence-corrected chi connectivity index (χ4v) is 4.30. The van der Waals surface area contributed by atoms with Crippen LogP contribution in [0.2, 0.25) is 0 Å². The smallest absolute Gasteiger partial charge is 0.335 e. The SMILES string of the molecule is CCOP(C)(=O)C(Cc1nc(C(F)(F)c2ccc(C)cc2)no1)C(=O)OC(C)(C)C. The molecule has 0 spiro atoms. The predicted molar refractivity (Wildman–Crippen MR) is 107 cm³/mol. The third-order valence-electron chi connectivity index (χ3n) is 4.16. The number of rotatable bonds is 8. The first-order valence-corrected chi connectivity index (χ1v) is 11.6. The molecule has 7 nitrogen and oxygen atoms in total. The number of esters is 1. The molecule has 0 fully saturated rings. The van der Waals surface area contributed by atoms with Gasteiger partial charge in [0.25, 0.3) is 0 Å². The van der Waals surface area contributed by atoms with E-state index in [0.717, 1.165) is 5.56 Å². The number of alkyl halides is 2. The third kappa shape index (κ3) is 5.95. The van der Waals surface area contributed by atoms with Gasteiger partial charge in [-0.1, -0.05) is 35.0 Å². The second-order valence-electron chi connectivity index (χ2n) is 8.03. The maximum Gasteiger partial charge on any atom is 0.335 e. The predicted octanol–water partition coefficient (Wildman–Crippen LogP) is 4.72. The largest absolute Gasteiger partial charge is 0.459 e. The first-order chi connectivity index (χ1) is 13.8. The number of nitrogens with zero attached hydrogens (tertiary/aromatic N) is 2. The lowest BCUT2D eigenvalue weighted by atomic mass is 10.1. The first kappa shape index (κ1) is 24.2. The van der Waals surface area contributed by atoms with Gasteiger partial charge in [-0.25, -0.2) is 0 Å². The number of aromatic nitrogens is 2. The van der Waals surface area contributed by atoms with Crippen LogP contribution in [-0.4, -0.2) is 40.6 Å². The van der Waals surface area contributed by atoms with Crippen LogP contribution < -0.4 is 0 Å². The summed E-state index contributed by atoms with van der Waals surface area (Å²) in [6.07, 6.45) is -0.348. The van der Waals surface area contributed by atoms with Crippen LogP contribution >= 0.6 is 7.37 Å². The summed E-state index contributed by atoms with van der Waals surface area (Å²) >= 11 is 0. The standard InChI is InChI=1S/C20H27F2N2O5P/c1-7-27-30(6,26)15(17(25)28-19(3,4)5)12-16-23-18(24-29-16)20(21,22)14-10-8-13(2)9-11-14/h8-11,15H,7,12H2,1-6H3. The molecule has 30 heavy (non-hydrogen) atoms. The fraction of sp³-hybridized carbons (Fsp3) is 0.550. The van der Waals surface area contributed by atoms with E-state index in [4.69, 9.17) is 13.8 Å². The van der Waals surface area contributed by atoms with Crippen molar-refractivity contribution in [3.8, 4) is 0 Å². The monoisotopic (exact) mass is 444 g/mol. The number of carbonyl (C=O) groups excluding carboxylic acids is 1. The van der Waals surface area contributed by atoms with Crippen molar-refractivity contribution < 1.29 is 31.9 Å². The van der Waals surface area contributed by atoms with Crippen molar-refractivity contribution in [2.75, 3.05) is 13.3 Å². The molecular weight excluding hydrogens is 417 g/mol. The van der Waals surface area contributed by atoms with Crippen molar-refractivity contribution in [2.24, 2.45) is 0 Å². The van der Waals surface area contributed by atoms with Gasteiger partial charge >= 0.3 is 11.9 Å². The van der Waals surface area contributed by atoms with Gasteiger partial charge in [-0.2, -0.15) is 13.8 Å². The van der Waals surface area contributed by atoms with E-state index in [1.54, 1.807) is 46.8 Å². The summed E-state index contributed by atoms with van der Waals surface area (Å²) in [5.74, 6) is -5.37. The molecule has 10 heteroatoms. The second kappa shape index (κ2) is 8.94. The quantitative estimate of drug-likeness (QED) is 0.430. The Morgan fingerprint density at radius 2 is 1.83 bits per heavy atom. The topological polar surface area (TPSA) is 91.5 Å². The molecule has 0 radical (unpaired) electrons. The van der Waals surface area contributed by atoms with Crippen molar-refractivity contribution in [2.45, 2.75) is 58.2 Å². The zero-order valence-corrected chi connectivity index (χ0v) is 18.8. The van der Waals surface area contributed by atoms with Gasteiger partial charge in [0.15, 0.2) is 0 Å². The normalized spacial score (nSPS) is 15.5. The average Bonchev–Trinajstić information content (AvgIpc) is 3.08. The van der Waals surface area contributed by atoms with Gasteiger partial charge in [0.05, 0.1) is 6.61 Å². The highest BCUT2D eigenvalue weighted by Crippen LogP contribution is 2.50. The van der Waals surface area contributed by atoms with Crippen LogP contribution in [0.15, 0.2) is 28.8 Å². The minimum Gasteiger partial charge on any atom is -0.459 e. The zero-order chi connectivity index (χ0) is 22.7. The van der Waals surface area contributed by atoms with Gasteiger partial charge in [0, 0.05) is 18.6 Å². The Hall–Kier alpha value is -2.12. The summed E-state index contributed by atoms with van der Waals surface area (Å²) in [6.45, 7) is 9.81. The summed E-state index contributed by atoms with van der Waals surface area (Å²) < 4.78 is 58.0. The lowest BCUT2D eigenvalue weighted by molar-refractivity contribution is -0.154. The van der Waals surface area contributed by atoms with E-state index in [2.05, 4.69) is 10.1 Å². The third-order valence-corrected chi connectivity index (χ3v) is 6.46. The summed E-state index contributed by atoms with van der Waals surface area (Å²) in [6, 6.07) is 5.67. The van der Waals surface area contributed by atoms with Crippen LogP contribution in [0.5, 0.6) is 0 Å². The number of halogens is 2. The molecule has 0 amide bonds. The minimum absolute atomic E-state index is 0.105. The highest BCUT2D eigenvalue weighted by Gasteiger charge is 2.43. The number of benzene rings is 1. The van der Waals surface area contributed by atoms with E-state index in [0.29, 0.717) is 0 Å². The number of aryl methyl sites for hydroxylation is 1. The molecule has 2 rings (SSSR count). The van der Waals surface area contributed by atoms with Crippen LogP contribution in [0, 0.1) is 6.92 Å². The molecule has 2 aromatic rings. The van der Waals surface area contributed by atoms with Gasteiger partial charge in [0.1, 0.15) is 11.3 Å². The maximum absolute atomic E-state index is 14.8. The molecule has 2 unspecified atom stereocenters. The van der Waals surface area contributed by atoms with Crippen LogP contribution in [-0.2, 0) is 31.0 Å². The molecule has 166 valence electrons. The Bertz CT molecular complexity index is 922. The molecule has 1 aromatic heterocycles. The lowest BCUT2D eigenvalue weighted by Crippen LogP contribution is -2.33. The Kier molecular flexibility index (Phi) is 7.20. The molecule has 0 aliphatic heterocycles. The maximum atomic E-state index is 14.8. The van der Waals surface area contributed by atoms with Crippen LogP contribution in [0.4, 0.5) is 8.78 Å². The Labute approximate surface area is 174 Å². The molecular formula is C20H27F2N2O5P. The van der Waals surface area contributed by atoms with Gasteiger partial charge in [-0.3, -0.25) is 9.36 Å². The molecule has 0 bridgehead atoms. The van der Waals surface area contributed by atoms with E-state index in [9.17, 15) is 18.1 Å². The zero-order valence-electron chi connectivity index (χ0n) is 17.9. The Morgan fingerprint density at radius 1 is 1.23 bits per heavy atom. The molecule has 1 heterocycles. The van der Waals surface area contributed by atoms with Crippen molar-refractivity contribution >= 4 is 13.3 Å². The van der Waals surface area contributed by atoms with Crippen molar-refractivity contribution in [3.05, 3.63) is 47.1 Å². The number of carbonyl (C=O) groups is 1. The number of ether oxygens (including phenoxy) is 1. The van der Waals surface area contributed by atoms with Crippen molar-refractivity contribution in [1.29, 1.82) is 0 Å². The molecule has 2 atom stereocenters. The van der Waals surface area contributed by atoms with E-state index in [-0.39, 0.29) is 24.5 Å². The number of hydrogen-bond donors (Lipinski definition) is 0. The summed E-state index contributed by atoms with van der Waals surface area (Å²) in [5, 5.41) is 3.38. The highest BCUT2D eigenvalue weighted by molar-refractivity contribution is 7.60. The molecule has 0 N–H and O–H groups in total. The van der Waals surface area contributed by atoms with E-state index in [1.807, 2.05) is 0 Å². The summed E-state index contributed by atoms with van der Waals surface area (Å²) in [5.41, 5.74) is -1.56. The average molecular weight is 444 g/mol. The van der Waals surface area contributed by atoms with Gasteiger partial charge < -0.3 is 13.8 Å². The number of hydrogen-bond acceptors (Lipinski definition) is 7. The lowest BCUT2D eigenvalue weighted by Gasteiger charge is -2.26. The van der Waals surface area contributed by atoms with E-state index < -0.39 is 36.3 Å². The van der Waals surface area contributed by atoms with Gasteiger partial charge in [-0.15, -0.1) is 0 Å². The van der Waals surface area contributed by atoms with Crippen molar-refractivity contribution in [3.63, 3.8) is 0 Å². The van der Waals surface area contributed by atoms with E-state index in [1.165, 1.54) is 18.8 Å². The summed E-state index contributed by atoms with van der Waals surface area (Å²) in [4.78, 5) is 16.4. The Morgan fingerprint density at radius 3 is 2.37 bits per heavy atom. The van der Waals surface area contributed by atoms with Crippen molar-refractivity contribution in [1.82, 2.24) is 10.1 Å². The van der Waals surface area contributed by atoms with Crippen LogP contribution in [0.1, 0.15) is 50.5 Å². The molecule has 0 saturated carbocycles. The fourth-order valence-electron chi connectivity index (χ4n) is 2.68. The molecule has 0 aliphatic rings. The molecule has 0 aliphatic carbocycles.